The molecule has 0 bridgehead atoms. The maximum absolute atomic E-state index is 12.3. The molecule has 1 aromatic carbocycles. The number of aromatic nitrogens is 2. The van der Waals surface area contributed by atoms with Gasteiger partial charge in [-0.05, 0) is 26.3 Å². The maximum atomic E-state index is 12.3. The summed E-state index contributed by atoms with van der Waals surface area (Å²) in [6, 6.07) is 10.2. The van der Waals surface area contributed by atoms with Crippen LogP contribution in [0.5, 0.6) is 0 Å². The summed E-state index contributed by atoms with van der Waals surface area (Å²) in [5.74, 6) is 0.781. The highest BCUT2D eigenvalue weighted by atomic mass is 35.5. The highest BCUT2D eigenvalue weighted by Crippen LogP contribution is 2.19. The van der Waals surface area contributed by atoms with Gasteiger partial charge in [-0.25, -0.2) is 9.97 Å². The first-order valence-electron chi connectivity index (χ1n) is 7.64. The van der Waals surface area contributed by atoms with E-state index in [1.54, 1.807) is 12.4 Å². The molecule has 0 aliphatic carbocycles. The van der Waals surface area contributed by atoms with Crippen LogP contribution in [0.2, 0.25) is 0 Å². The van der Waals surface area contributed by atoms with Crippen LogP contribution in [0.3, 0.4) is 0 Å². The summed E-state index contributed by atoms with van der Waals surface area (Å²) in [4.78, 5) is 20.9. The fraction of sp³-hybridized carbons (Fsp3) is 0.353. The van der Waals surface area contributed by atoms with Crippen molar-refractivity contribution in [2.24, 2.45) is 5.92 Å². The Kier molecular flexibility index (Phi) is 6.07. The molecule has 122 valence electrons. The number of hydrogen-bond acceptors (Lipinski definition) is 4. The van der Waals surface area contributed by atoms with Crippen molar-refractivity contribution in [3.05, 3.63) is 42.7 Å². The normalized spacial score (nSPS) is 20.4. The van der Waals surface area contributed by atoms with Gasteiger partial charge in [0, 0.05) is 17.5 Å². The zero-order chi connectivity index (χ0) is 15.4. The number of carbonyl (C=O) groups is 1. The molecule has 0 radical (unpaired) electrons. The van der Waals surface area contributed by atoms with E-state index in [9.17, 15) is 4.79 Å². The van der Waals surface area contributed by atoms with E-state index in [2.05, 4.69) is 27.5 Å². The third-order valence-corrected chi connectivity index (χ3v) is 3.95. The zero-order valence-electron chi connectivity index (χ0n) is 13.0. The second kappa shape index (κ2) is 8.04. The van der Waals surface area contributed by atoms with E-state index in [4.69, 9.17) is 0 Å². The second-order valence-electron chi connectivity index (χ2n) is 5.73. The number of anilines is 1. The van der Waals surface area contributed by atoms with Crippen LogP contribution in [-0.2, 0) is 4.79 Å². The van der Waals surface area contributed by atoms with Gasteiger partial charge in [-0.2, -0.15) is 0 Å². The smallest absolute Gasteiger partial charge is 0.227 e. The Morgan fingerprint density at radius 2 is 1.91 bits per heavy atom. The third kappa shape index (κ3) is 4.50. The van der Waals surface area contributed by atoms with Crippen LogP contribution in [0.25, 0.3) is 11.4 Å². The fourth-order valence-corrected chi connectivity index (χ4v) is 2.74. The topological polar surface area (TPSA) is 66.9 Å². The van der Waals surface area contributed by atoms with Crippen LogP contribution >= 0.6 is 12.4 Å². The average Bonchev–Trinajstić information content (AvgIpc) is 2.56. The molecule has 2 atom stereocenters. The van der Waals surface area contributed by atoms with E-state index >= 15 is 0 Å². The Morgan fingerprint density at radius 3 is 2.57 bits per heavy atom. The molecule has 2 heterocycles. The molecule has 1 saturated heterocycles. The van der Waals surface area contributed by atoms with Gasteiger partial charge in [0.25, 0.3) is 0 Å². The van der Waals surface area contributed by atoms with Gasteiger partial charge >= 0.3 is 0 Å². The van der Waals surface area contributed by atoms with E-state index in [1.807, 2.05) is 30.3 Å². The molecule has 23 heavy (non-hydrogen) atoms. The number of hydrogen-bond donors (Lipinski definition) is 2. The number of piperidine rings is 1. The summed E-state index contributed by atoms with van der Waals surface area (Å²) in [5.41, 5.74) is 1.61. The zero-order valence-corrected chi connectivity index (χ0v) is 13.8. The Morgan fingerprint density at radius 1 is 1.22 bits per heavy atom. The van der Waals surface area contributed by atoms with Gasteiger partial charge in [-0.15, -0.1) is 12.4 Å². The summed E-state index contributed by atoms with van der Waals surface area (Å²) in [6.07, 6.45) is 5.07. The molecule has 2 N–H and O–H groups in total. The summed E-state index contributed by atoms with van der Waals surface area (Å²) >= 11 is 0. The molecule has 0 unspecified atom stereocenters. The standard InChI is InChI=1S/C17H20N4O.ClH/c1-12-9-14(7-8-18-12)17(22)21-15-10-19-16(20-11-15)13-5-3-2-4-6-13;/h2-6,10-12,14,18H,7-9H2,1H3,(H,21,22);1H/t12-,14-;/m0./s1. The minimum absolute atomic E-state index is 0. The van der Waals surface area contributed by atoms with Crippen molar-refractivity contribution >= 4 is 24.0 Å². The van der Waals surface area contributed by atoms with Crippen molar-refractivity contribution in [3.8, 4) is 11.4 Å². The largest absolute Gasteiger partial charge is 0.323 e. The lowest BCUT2D eigenvalue weighted by atomic mass is 9.92. The Balaban J connectivity index is 0.00000192. The number of nitrogens with one attached hydrogen (secondary N) is 2. The lowest BCUT2D eigenvalue weighted by Gasteiger charge is -2.26. The molecule has 6 heteroatoms. The van der Waals surface area contributed by atoms with E-state index in [1.165, 1.54) is 0 Å². The number of rotatable bonds is 3. The Hall–Kier alpha value is -1.98. The van der Waals surface area contributed by atoms with Crippen molar-refractivity contribution in [3.63, 3.8) is 0 Å². The van der Waals surface area contributed by atoms with Crippen LogP contribution in [0, 0.1) is 5.92 Å². The maximum Gasteiger partial charge on any atom is 0.227 e. The van der Waals surface area contributed by atoms with Gasteiger partial charge in [-0.3, -0.25) is 4.79 Å². The van der Waals surface area contributed by atoms with Gasteiger partial charge in [0.15, 0.2) is 5.82 Å². The summed E-state index contributed by atoms with van der Waals surface area (Å²) < 4.78 is 0. The fourth-order valence-electron chi connectivity index (χ4n) is 2.74. The molecule has 2 aromatic rings. The average molecular weight is 333 g/mol. The molecule has 0 saturated carbocycles. The third-order valence-electron chi connectivity index (χ3n) is 3.95. The first kappa shape index (κ1) is 17.4. The summed E-state index contributed by atoms with van der Waals surface area (Å²) in [5, 5.41) is 6.27. The van der Waals surface area contributed by atoms with E-state index < -0.39 is 0 Å². The summed E-state index contributed by atoms with van der Waals surface area (Å²) in [6.45, 7) is 3.00. The van der Waals surface area contributed by atoms with Gasteiger partial charge in [-0.1, -0.05) is 30.3 Å². The number of nitrogens with zero attached hydrogens (tertiary/aromatic N) is 2. The molecule has 1 aliphatic heterocycles. The van der Waals surface area contributed by atoms with E-state index in [0.717, 1.165) is 24.9 Å². The molecule has 3 rings (SSSR count). The number of amides is 1. The Labute approximate surface area is 142 Å². The van der Waals surface area contributed by atoms with Crippen LogP contribution in [0.15, 0.2) is 42.7 Å². The predicted octanol–water partition coefficient (Wildman–Crippen LogP) is 2.89. The SMILES string of the molecule is C[C@H]1C[C@@H](C(=O)Nc2cnc(-c3ccccc3)nc2)CCN1.Cl. The van der Waals surface area contributed by atoms with Crippen LogP contribution in [0.4, 0.5) is 5.69 Å². The number of halogens is 1. The molecule has 1 fully saturated rings. The van der Waals surface area contributed by atoms with Crippen LogP contribution in [-0.4, -0.2) is 28.5 Å². The molecule has 5 nitrogen and oxygen atoms in total. The van der Waals surface area contributed by atoms with Crippen LogP contribution in [0.1, 0.15) is 19.8 Å². The predicted molar refractivity (Wildman–Crippen MR) is 93.5 cm³/mol. The highest BCUT2D eigenvalue weighted by Gasteiger charge is 2.24. The van der Waals surface area contributed by atoms with E-state index in [-0.39, 0.29) is 24.2 Å². The molecule has 1 aliphatic rings. The lowest BCUT2D eigenvalue weighted by molar-refractivity contribution is -0.120. The van der Waals surface area contributed by atoms with Crippen molar-refractivity contribution in [2.75, 3.05) is 11.9 Å². The van der Waals surface area contributed by atoms with Crippen LogP contribution < -0.4 is 10.6 Å². The first-order chi connectivity index (χ1) is 10.7. The van der Waals surface area contributed by atoms with E-state index in [0.29, 0.717) is 17.6 Å². The number of carbonyl (C=O) groups excluding carboxylic acids is 1. The number of benzene rings is 1. The minimum Gasteiger partial charge on any atom is -0.323 e. The van der Waals surface area contributed by atoms with Gasteiger partial charge < -0.3 is 10.6 Å². The molecular formula is C17H21ClN4O. The van der Waals surface area contributed by atoms with Gasteiger partial charge in [0.05, 0.1) is 18.1 Å². The Bertz CT molecular complexity index is 633. The highest BCUT2D eigenvalue weighted by molar-refractivity contribution is 5.92. The van der Waals surface area contributed by atoms with Crippen molar-refractivity contribution in [2.45, 2.75) is 25.8 Å². The van der Waals surface area contributed by atoms with Crippen molar-refractivity contribution in [1.82, 2.24) is 15.3 Å². The first-order valence-corrected chi connectivity index (χ1v) is 7.64. The van der Waals surface area contributed by atoms with Gasteiger partial charge in [0.1, 0.15) is 0 Å². The lowest BCUT2D eigenvalue weighted by Crippen LogP contribution is -2.40. The minimum atomic E-state index is 0. The second-order valence-corrected chi connectivity index (χ2v) is 5.73. The molecule has 1 aromatic heterocycles. The molecule has 1 amide bonds. The summed E-state index contributed by atoms with van der Waals surface area (Å²) in [7, 11) is 0. The van der Waals surface area contributed by atoms with Gasteiger partial charge in [0.2, 0.25) is 5.91 Å². The monoisotopic (exact) mass is 332 g/mol. The molecular weight excluding hydrogens is 312 g/mol. The van der Waals surface area contributed by atoms with Crippen molar-refractivity contribution < 1.29 is 4.79 Å². The van der Waals surface area contributed by atoms with Crippen molar-refractivity contribution in [1.29, 1.82) is 0 Å². The molecule has 0 spiro atoms. The quantitative estimate of drug-likeness (QED) is 0.907.